The number of fused-ring (bicyclic) bond motifs is 1. The van der Waals surface area contributed by atoms with E-state index in [9.17, 15) is 23.6 Å². The van der Waals surface area contributed by atoms with Gasteiger partial charge in [0.15, 0.2) is 22.5 Å². The second-order valence-corrected chi connectivity index (χ2v) is 11.6. The van der Waals surface area contributed by atoms with E-state index in [0.717, 1.165) is 21.6 Å². The van der Waals surface area contributed by atoms with Gasteiger partial charge >= 0.3 is 5.97 Å². The Bertz CT molecular complexity index is 1840. The number of nitrogens with zero attached hydrogens (tertiary/aromatic N) is 3. The number of anilines is 3. The summed E-state index contributed by atoms with van der Waals surface area (Å²) in [5, 5.41) is 5.96. The molecule has 0 radical (unpaired) electrons. The quantitative estimate of drug-likeness (QED) is 0.173. The van der Waals surface area contributed by atoms with Gasteiger partial charge in [-0.1, -0.05) is 46.9 Å². The van der Waals surface area contributed by atoms with E-state index in [-0.39, 0.29) is 22.5 Å². The van der Waals surface area contributed by atoms with Crippen LogP contribution in [0.5, 0.6) is 0 Å². The van der Waals surface area contributed by atoms with Crippen molar-refractivity contribution in [3.05, 3.63) is 101 Å². The van der Waals surface area contributed by atoms with Gasteiger partial charge in [-0.05, 0) is 54.1 Å². The van der Waals surface area contributed by atoms with Gasteiger partial charge in [-0.2, -0.15) is 0 Å². The molecule has 0 bridgehead atoms. The van der Waals surface area contributed by atoms with Crippen molar-refractivity contribution in [2.75, 3.05) is 22.6 Å². The zero-order valence-electron chi connectivity index (χ0n) is 22.9. The monoisotopic (exact) mass is 631 g/mol. The van der Waals surface area contributed by atoms with Crippen LogP contribution in [-0.4, -0.2) is 53.0 Å². The molecule has 2 aromatic heterocycles. The number of carbonyl (C=O) groups excluding carboxylic acids is 4. The highest BCUT2D eigenvalue weighted by Gasteiger charge is 2.52. The Morgan fingerprint density at radius 1 is 0.932 bits per heavy atom. The first-order valence-corrected chi connectivity index (χ1v) is 14.8. The lowest BCUT2D eigenvalue weighted by Crippen LogP contribution is -2.36. The summed E-state index contributed by atoms with van der Waals surface area (Å²) in [6, 6.07) is 19.6. The molecule has 1 aliphatic heterocycles. The predicted octanol–water partition coefficient (Wildman–Crippen LogP) is 4.87. The van der Waals surface area contributed by atoms with Gasteiger partial charge in [0.1, 0.15) is 10.7 Å². The molecule has 6 rings (SSSR count). The van der Waals surface area contributed by atoms with Gasteiger partial charge in [0, 0.05) is 11.3 Å². The van der Waals surface area contributed by atoms with Crippen LogP contribution in [-0.2, 0) is 25.6 Å². The molecule has 0 unspecified atom stereocenters. The third kappa shape index (κ3) is 6.32. The number of halogens is 1. The van der Waals surface area contributed by atoms with Crippen LogP contribution in [0.1, 0.15) is 25.6 Å². The van der Waals surface area contributed by atoms with Gasteiger partial charge in [-0.25, -0.2) is 19.2 Å². The summed E-state index contributed by atoms with van der Waals surface area (Å²) in [5.41, 5.74) is 2.20. The molecule has 5 aromatic rings. The molecule has 0 spiro atoms. The molecule has 2 atom stereocenters. The van der Waals surface area contributed by atoms with E-state index in [2.05, 4.69) is 25.3 Å². The molecule has 222 valence electrons. The lowest BCUT2D eigenvalue weighted by molar-refractivity contribution is -0.120. The van der Waals surface area contributed by atoms with Crippen LogP contribution in [0.4, 0.5) is 20.3 Å². The van der Waals surface area contributed by atoms with Crippen molar-refractivity contribution in [3.63, 3.8) is 0 Å². The maximum Gasteiger partial charge on any atom is 0.349 e. The van der Waals surface area contributed by atoms with Crippen LogP contribution in [0.25, 0.3) is 10.2 Å². The summed E-state index contributed by atoms with van der Waals surface area (Å²) >= 11 is 2.28. The molecule has 1 fully saturated rings. The Kier molecular flexibility index (Phi) is 8.11. The zero-order valence-corrected chi connectivity index (χ0v) is 24.5. The second-order valence-electron chi connectivity index (χ2n) is 9.53. The molecule has 2 N–H and O–H groups in total. The summed E-state index contributed by atoms with van der Waals surface area (Å²) < 4.78 is 24.6. The van der Waals surface area contributed by atoms with Crippen LogP contribution >= 0.6 is 22.7 Å². The molecular weight excluding hydrogens is 609 g/mol. The first-order chi connectivity index (χ1) is 21.3. The van der Waals surface area contributed by atoms with Crippen molar-refractivity contribution in [3.8, 4) is 0 Å². The second kappa shape index (κ2) is 12.3. The molecule has 0 saturated carbocycles. The van der Waals surface area contributed by atoms with Crippen molar-refractivity contribution in [1.82, 2.24) is 9.97 Å². The summed E-state index contributed by atoms with van der Waals surface area (Å²) in [4.78, 5) is 61.0. The number of ether oxygens (including phenoxy) is 2. The van der Waals surface area contributed by atoms with Crippen LogP contribution in [0, 0.1) is 5.82 Å². The van der Waals surface area contributed by atoms with E-state index in [1.165, 1.54) is 41.7 Å². The minimum absolute atomic E-state index is 0.0551. The average molecular weight is 632 g/mol. The molecule has 44 heavy (non-hydrogen) atoms. The predicted molar refractivity (Wildman–Crippen MR) is 162 cm³/mol. The molecule has 0 aliphatic carbocycles. The lowest BCUT2D eigenvalue weighted by atomic mass is 10.1. The Hall–Kier alpha value is -5.05. The highest BCUT2D eigenvalue weighted by Crippen LogP contribution is 2.31. The number of rotatable bonds is 9. The fourth-order valence-electron chi connectivity index (χ4n) is 4.31. The van der Waals surface area contributed by atoms with Crippen LogP contribution in [0.3, 0.4) is 0 Å². The number of methoxy groups -OCH3 is 1. The number of esters is 1. The Balaban J connectivity index is 1.16. The number of amides is 3. The number of hydrogen-bond donors (Lipinski definition) is 2. The molecule has 11 nitrogen and oxygen atoms in total. The van der Waals surface area contributed by atoms with Crippen LogP contribution < -0.4 is 15.5 Å². The normalized spacial score (nSPS) is 15.4. The first-order valence-electron chi connectivity index (χ1n) is 13.1. The van der Waals surface area contributed by atoms with Crippen molar-refractivity contribution in [2.45, 2.75) is 18.8 Å². The maximum absolute atomic E-state index is 13.6. The molecule has 14 heteroatoms. The summed E-state index contributed by atoms with van der Waals surface area (Å²) in [6.07, 6.45) is -0.893. The number of aromatic nitrogens is 2. The highest BCUT2D eigenvalue weighted by molar-refractivity contribution is 7.22. The highest BCUT2D eigenvalue weighted by atomic mass is 32.1. The van der Waals surface area contributed by atoms with Crippen molar-refractivity contribution >= 4 is 72.5 Å². The van der Waals surface area contributed by atoms with Crippen LogP contribution in [0.2, 0.25) is 0 Å². The maximum atomic E-state index is 13.6. The number of benzene rings is 3. The van der Waals surface area contributed by atoms with Gasteiger partial charge in [0.2, 0.25) is 0 Å². The third-order valence-electron chi connectivity index (χ3n) is 6.59. The summed E-state index contributed by atoms with van der Waals surface area (Å²) in [7, 11) is 1.23. The smallest absolute Gasteiger partial charge is 0.349 e. The van der Waals surface area contributed by atoms with Gasteiger partial charge in [0.05, 0.1) is 30.1 Å². The van der Waals surface area contributed by atoms with E-state index < -0.39 is 35.8 Å². The first kappa shape index (κ1) is 29.0. The molecule has 3 aromatic carbocycles. The molecule has 1 aliphatic rings. The largest absolute Gasteiger partial charge is 0.465 e. The Morgan fingerprint density at radius 3 is 2.41 bits per heavy atom. The molecule has 3 amide bonds. The van der Waals surface area contributed by atoms with Gasteiger partial charge in [-0.3, -0.25) is 25.0 Å². The summed E-state index contributed by atoms with van der Waals surface area (Å²) in [6.45, 7) is 0.0551. The van der Waals surface area contributed by atoms with Gasteiger partial charge in [-0.15, -0.1) is 0 Å². The third-order valence-corrected chi connectivity index (χ3v) is 8.44. The van der Waals surface area contributed by atoms with Gasteiger partial charge < -0.3 is 14.4 Å². The molecule has 1 saturated heterocycles. The Morgan fingerprint density at radius 2 is 1.68 bits per heavy atom. The standard InChI is InChI=1S/C30H22FN5O6S2/c1-41-28(40)22-14-32-29(44-22)35-26(38)23-24(42-23)27(39)36(15-16-6-10-18(31)11-7-16)19-12-8-17(9-13-19)25(37)34-30-33-20-4-2-3-5-21(20)43-30/h2-14,23-24H,15H2,1H3,(H,32,35,38)(H,33,34,37)/t23-,24-/m0/s1. The van der Waals surface area contributed by atoms with Crippen LogP contribution in [0.15, 0.2) is 79.0 Å². The number of carbonyl (C=O) groups is 4. The van der Waals surface area contributed by atoms with E-state index in [4.69, 9.17) is 4.74 Å². The number of hydrogen-bond acceptors (Lipinski definition) is 10. The number of epoxide rings is 1. The minimum Gasteiger partial charge on any atom is -0.465 e. The van der Waals surface area contributed by atoms with Crippen molar-refractivity contribution in [2.24, 2.45) is 0 Å². The number of nitrogens with one attached hydrogen (secondary N) is 2. The molecular formula is C30H22FN5O6S2. The Labute approximate surface area is 257 Å². The SMILES string of the molecule is COC(=O)c1cnc(NC(=O)[C@H]2O[C@@H]2C(=O)N(Cc2ccc(F)cc2)c2ccc(C(=O)Nc3nc4ccccc4s3)cc2)s1. The molecule has 3 heterocycles. The topological polar surface area (TPSA) is 143 Å². The fraction of sp³-hybridized carbons (Fsp3) is 0.133. The van der Waals surface area contributed by atoms with E-state index in [1.54, 1.807) is 36.4 Å². The number of para-hydroxylation sites is 1. The average Bonchev–Trinajstić information content (AvgIpc) is 3.53. The van der Waals surface area contributed by atoms with E-state index in [1.807, 2.05) is 24.3 Å². The lowest BCUT2D eigenvalue weighted by Gasteiger charge is -2.23. The van der Waals surface area contributed by atoms with E-state index >= 15 is 0 Å². The fourth-order valence-corrected chi connectivity index (χ4v) is 5.91. The summed E-state index contributed by atoms with van der Waals surface area (Å²) in [5.74, 6) is -2.48. The minimum atomic E-state index is -1.09. The number of thiazole rings is 2. The van der Waals surface area contributed by atoms with Gasteiger partial charge in [0.25, 0.3) is 17.7 Å². The van der Waals surface area contributed by atoms with Crippen molar-refractivity contribution in [1.29, 1.82) is 0 Å². The van der Waals surface area contributed by atoms with E-state index in [0.29, 0.717) is 21.9 Å². The van der Waals surface area contributed by atoms with Crippen molar-refractivity contribution < 1.29 is 33.0 Å². The zero-order chi connectivity index (χ0) is 30.8.